The number of halogens is 2. The monoisotopic (exact) mass is 395 g/mol. The third-order valence-corrected chi connectivity index (χ3v) is 5.89. The number of ether oxygens (including phenoxy) is 1. The molecule has 0 bridgehead atoms. The fourth-order valence-electron chi connectivity index (χ4n) is 3.44. The first-order valence-electron chi connectivity index (χ1n) is 8.47. The van der Waals surface area contributed by atoms with E-state index in [1.807, 2.05) is 6.07 Å². The molecule has 0 atom stereocenters. The topological polar surface area (TPSA) is 66.8 Å². The summed E-state index contributed by atoms with van der Waals surface area (Å²) in [6, 6.07) is 10.4. The number of hydrogen-bond donors (Lipinski definition) is 1. The zero-order valence-electron chi connectivity index (χ0n) is 14.7. The summed E-state index contributed by atoms with van der Waals surface area (Å²) in [6.07, 6.45) is 0.515. The Hall–Kier alpha value is -2.48. The summed E-state index contributed by atoms with van der Waals surface area (Å²) in [5.74, 6) is -1.46. The molecule has 1 aromatic carbocycles. The first kappa shape index (κ1) is 19.3. The van der Waals surface area contributed by atoms with Crippen molar-refractivity contribution in [3.63, 3.8) is 0 Å². The first-order chi connectivity index (χ1) is 12.8. The number of carbonyl (C=O) groups is 2. The lowest BCUT2D eigenvalue weighted by Gasteiger charge is -2.39. The molecular weight excluding hydrogens is 376 g/mol. The summed E-state index contributed by atoms with van der Waals surface area (Å²) in [7, 11) is 0. The van der Waals surface area contributed by atoms with Crippen LogP contribution in [0.2, 0.25) is 0 Å². The highest BCUT2D eigenvalue weighted by Gasteiger charge is 2.44. The summed E-state index contributed by atoms with van der Waals surface area (Å²) in [5.41, 5.74) is -0.343. The molecule has 0 spiro atoms. The number of benzene rings is 1. The molecule has 8 heteroatoms. The average molecular weight is 395 g/mol. The molecule has 1 aliphatic heterocycles. The zero-order chi connectivity index (χ0) is 19.6. The first-order valence-corrected chi connectivity index (χ1v) is 9.28. The van der Waals surface area contributed by atoms with Gasteiger partial charge in [0.15, 0.2) is 0 Å². The minimum absolute atomic E-state index is 0.121. The van der Waals surface area contributed by atoms with Crippen LogP contribution in [0.25, 0.3) is 0 Å². The second-order valence-corrected chi connectivity index (χ2v) is 7.73. The van der Waals surface area contributed by atoms with Crippen molar-refractivity contribution in [2.24, 2.45) is 0 Å². The third-order valence-electron chi connectivity index (χ3n) is 4.87. The Morgan fingerprint density at radius 2 is 1.85 bits per heavy atom. The van der Waals surface area contributed by atoms with Crippen molar-refractivity contribution in [1.29, 1.82) is 0 Å². The predicted molar refractivity (Wildman–Crippen MR) is 96.6 cm³/mol. The van der Waals surface area contributed by atoms with Crippen LogP contribution >= 0.6 is 11.3 Å². The molecule has 0 unspecified atom stereocenters. The van der Waals surface area contributed by atoms with E-state index >= 15 is 0 Å². The van der Waals surface area contributed by atoms with Crippen molar-refractivity contribution >= 4 is 23.2 Å². The lowest BCUT2D eigenvalue weighted by atomic mass is 9.73. The van der Waals surface area contributed by atoms with Crippen LogP contribution in [0.5, 0.6) is 5.75 Å². The fraction of sp³-hybridized carbons (Fsp3) is 0.368. The van der Waals surface area contributed by atoms with Gasteiger partial charge in [-0.3, -0.25) is 9.59 Å². The quantitative estimate of drug-likeness (QED) is 0.833. The number of aryl methyl sites for hydroxylation is 1. The molecule has 2 aromatic rings. The van der Waals surface area contributed by atoms with E-state index in [0.29, 0.717) is 10.4 Å². The van der Waals surface area contributed by atoms with Gasteiger partial charge >= 0.3 is 12.6 Å². The van der Waals surface area contributed by atoms with Gasteiger partial charge < -0.3 is 14.7 Å². The van der Waals surface area contributed by atoms with Gasteiger partial charge in [-0.25, -0.2) is 0 Å². The van der Waals surface area contributed by atoms with Gasteiger partial charge in [-0.15, -0.1) is 11.3 Å². The second-order valence-electron chi connectivity index (χ2n) is 6.47. The molecule has 27 heavy (non-hydrogen) atoms. The van der Waals surface area contributed by atoms with E-state index in [-0.39, 0.29) is 36.6 Å². The smallest absolute Gasteiger partial charge is 0.387 e. The highest BCUT2D eigenvalue weighted by Crippen LogP contribution is 2.38. The predicted octanol–water partition coefficient (Wildman–Crippen LogP) is 3.92. The number of carboxylic acids is 1. The standard InChI is InChI=1S/C19H19F2NO4S/c1-12-11-14(26-18(20)21)15(27-12)16(23)22-9-7-19(8-10-22,17(24)25)13-5-3-2-4-6-13/h2-6,11,18H,7-10H2,1H3,(H,24,25). The Bertz CT molecular complexity index is 829. The molecule has 144 valence electrons. The van der Waals surface area contributed by atoms with Crippen LogP contribution in [-0.2, 0) is 10.2 Å². The number of rotatable bonds is 5. The van der Waals surface area contributed by atoms with Crippen LogP contribution in [0.4, 0.5) is 8.78 Å². The van der Waals surface area contributed by atoms with Crippen LogP contribution in [0.3, 0.4) is 0 Å². The maximum Gasteiger partial charge on any atom is 0.387 e. The minimum atomic E-state index is -3.01. The Kier molecular flexibility index (Phi) is 5.46. The average Bonchev–Trinajstić information content (AvgIpc) is 3.01. The van der Waals surface area contributed by atoms with Crippen LogP contribution < -0.4 is 4.74 Å². The van der Waals surface area contributed by atoms with Gasteiger partial charge in [0.1, 0.15) is 10.6 Å². The van der Waals surface area contributed by atoms with E-state index in [1.165, 1.54) is 11.0 Å². The van der Waals surface area contributed by atoms with E-state index in [0.717, 1.165) is 11.3 Å². The van der Waals surface area contributed by atoms with Crippen molar-refractivity contribution in [1.82, 2.24) is 4.90 Å². The summed E-state index contributed by atoms with van der Waals surface area (Å²) < 4.78 is 29.6. The van der Waals surface area contributed by atoms with E-state index in [9.17, 15) is 23.5 Å². The summed E-state index contributed by atoms with van der Waals surface area (Å²) >= 11 is 1.09. The van der Waals surface area contributed by atoms with Gasteiger partial charge in [-0.2, -0.15) is 8.78 Å². The maximum absolute atomic E-state index is 12.8. The third kappa shape index (κ3) is 3.80. The Morgan fingerprint density at radius 3 is 2.41 bits per heavy atom. The number of thiophene rings is 1. The summed E-state index contributed by atoms with van der Waals surface area (Å²) in [6.45, 7) is -0.846. The Morgan fingerprint density at radius 1 is 1.22 bits per heavy atom. The van der Waals surface area contributed by atoms with Crippen LogP contribution in [0.1, 0.15) is 33.0 Å². The second kappa shape index (κ2) is 7.64. The molecule has 1 aliphatic rings. The van der Waals surface area contributed by atoms with Crippen molar-refractivity contribution in [2.75, 3.05) is 13.1 Å². The van der Waals surface area contributed by atoms with E-state index < -0.39 is 23.9 Å². The summed E-state index contributed by atoms with van der Waals surface area (Å²) in [5, 5.41) is 9.83. The van der Waals surface area contributed by atoms with Gasteiger partial charge in [-0.05, 0) is 31.4 Å². The molecular formula is C19H19F2NO4S. The fourth-order valence-corrected chi connectivity index (χ4v) is 4.35. The van der Waals surface area contributed by atoms with Gasteiger partial charge in [0.2, 0.25) is 0 Å². The van der Waals surface area contributed by atoms with Crippen LogP contribution in [0.15, 0.2) is 36.4 Å². The van der Waals surface area contributed by atoms with Crippen LogP contribution in [0, 0.1) is 6.92 Å². The SMILES string of the molecule is Cc1cc(OC(F)F)c(C(=O)N2CCC(C(=O)O)(c3ccccc3)CC2)s1. The number of piperidine rings is 1. The highest BCUT2D eigenvalue weighted by atomic mass is 32.1. The highest BCUT2D eigenvalue weighted by molar-refractivity contribution is 7.14. The van der Waals surface area contributed by atoms with Crippen molar-refractivity contribution in [2.45, 2.75) is 31.8 Å². The van der Waals surface area contributed by atoms with E-state index in [2.05, 4.69) is 4.74 Å². The Balaban J connectivity index is 1.79. The van der Waals surface area contributed by atoms with E-state index in [4.69, 9.17) is 0 Å². The largest absolute Gasteiger partial charge is 0.481 e. The number of alkyl halides is 2. The number of carbonyl (C=O) groups excluding carboxylic acids is 1. The lowest BCUT2D eigenvalue weighted by Crippen LogP contribution is -2.49. The molecule has 0 saturated carbocycles. The molecule has 3 rings (SSSR count). The van der Waals surface area contributed by atoms with Crippen molar-refractivity contribution in [3.05, 3.63) is 51.7 Å². The number of aliphatic carboxylic acids is 1. The van der Waals surface area contributed by atoms with Crippen molar-refractivity contribution in [3.8, 4) is 5.75 Å². The maximum atomic E-state index is 12.8. The van der Waals surface area contributed by atoms with Gasteiger partial charge in [0, 0.05) is 18.0 Å². The number of hydrogen-bond acceptors (Lipinski definition) is 4. The molecule has 1 fully saturated rings. The number of carboxylic acid groups (broad SMARTS) is 1. The molecule has 5 nitrogen and oxygen atoms in total. The molecule has 1 amide bonds. The molecule has 2 heterocycles. The number of nitrogens with zero attached hydrogens (tertiary/aromatic N) is 1. The van der Waals surface area contributed by atoms with Crippen LogP contribution in [-0.4, -0.2) is 41.6 Å². The molecule has 0 aliphatic carbocycles. The lowest BCUT2D eigenvalue weighted by molar-refractivity contribution is -0.145. The zero-order valence-corrected chi connectivity index (χ0v) is 15.5. The van der Waals surface area contributed by atoms with Crippen molar-refractivity contribution < 1.29 is 28.2 Å². The van der Waals surface area contributed by atoms with Gasteiger partial charge in [-0.1, -0.05) is 30.3 Å². The number of amides is 1. The summed E-state index contributed by atoms with van der Waals surface area (Å²) in [4.78, 5) is 27.1. The molecule has 1 N–H and O–H groups in total. The molecule has 1 saturated heterocycles. The Labute approximate surface area is 159 Å². The molecule has 0 radical (unpaired) electrons. The van der Waals surface area contributed by atoms with E-state index in [1.54, 1.807) is 31.2 Å². The van der Waals surface area contributed by atoms with Gasteiger partial charge in [0.05, 0.1) is 5.41 Å². The van der Waals surface area contributed by atoms with Gasteiger partial charge in [0.25, 0.3) is 5.91 Å². The normalized spacial score (nSPS) is 16.4. The molecule has 1 aromatic heterocycles. The minimum Gasteiger partial charge on any atom is -0.481 e. The number of likely N-dealkylation sites (tertiary alicyclic amines) is 1.